The quantitative estimate of drug-likeness (QED) is 0.479. The Morgan fingerprint density at radius 2 is 1.20 bits per heavy atom. The van der Waals surface area contributed by atoms with Gasteiger partial charge in [-0.25, -0.2) is 0 Å². The minimum absolute atomic E-state index is 0. The van der Waals surface area contributed by atoms with Crippen LogP contribution in [-0.2, 0) is 53.3 Å². The van der Waals surface area contributed by atoms with Gasteiger partial charge in [0.15, 0.2) is 0 Å². The number of rotatable bonds is 0. The molecule has 0 aliphatic carbocycles. The fraction of sp³-hybridized carbons (Fsp3) is 0. The second-order valence-corrected chi connectivity index (χ2v) is 0. The fourth-order valence-corrected chi connectivity index (χ4v) is 0. The van der Waals surface area contributed by atoms with E-state index in [2.05, 4.69) is 0 Å². The van der Waals surface area contributed by atoms with Crippen molar-refractivity contribution >= 4 is 29.6 Å². The first-order chi connectivity index (χ1) is 1.00. The second-order valence-electron chi connectivity index (χ2n) is 0. The fourth-order valence-electron chi connectivity index (χ4n) is 0. The molecule has 0 heterocycles. The van der Waals surface area contributed by atoms with Crippen molar-refractivity contribution in [3.63, 3.8) is 0 Å². The van der Waals surface area contributed by atoms with Crippen LogP contribution in [0.2, 0.25) is 0 Å². The standard InChI is InChI=1S/Fe.Mn.Na.Ni.O.H. The Balaban J connectivity index is -0.00000000167. The molecule has 0 aliphatic rings. The maximum absolute atomic E-state index is 8.06. The molecule has 1 nitrogen and oxygen atoms in total. The Hall–Kier alpha value is 2.33. The molecule has 0 bridgehead atoms. The van der Waals surface area contributed by atoms with Crippen LogP contribution < -0.4 is 0 Å². The first-order valence-electron chi connectivity index (χ1n) is 0.154. The Morgan fingerprint density at radius 3 is 1.20 bits per heavy atom. The molecule has 0 radical (unpaired) electrons. The van der Waals surface area contributed by atoms with E-state index < -0.39 is 0 Å². The summed E-state index contributed by atoms with van der Waals surface area (Å²) in [7, 11) is 0. The molecular formula is HFeMnNaNiO. The zero-order valence-corrected chi connectivity index (χ0v) is 4.73. The van der Waals surface area contributed by atoms with Crippen LogP contribution in [0.3, 0.4) is 0 Å². The third-order valence-electron chi connectivity index (χ3n) is 0. The first kappa shape index (κ1) is 26.5. The van der Waals surface area contributed by atoms with E-state index in [9.17, 15) is 0 Å². The number of hydrogen-bond acceptors (Lipinski definition) is 1. The summed E-state index contributed by atoms with van der Waals surface area (Å²) < 4.78 is 8.06. The second kappa shape index (κ2) is 33.1. The van der Waals surface area contributed by atoms with Crippen LogP contribution in [0.15, 0.2) is 0 Å². The van der Waals surface area contributed by atoms with Crippen molar-refractivity contribution in [1.29, 1.82) is 0 Å². The molecule has 0 amide bonds. The number of hydrogen-bond donors (Lipinski definition) is 0. The van der Waals surface area contributed by atoms with E-state index in [4.69, 9.17) is 3.83 Å². The molecule has 0 aromatic heterocycles. The average molecular weight is 209 g/mol. The normalized spacial score (nSPS) is 0.800. The first-order valence-corrected chi connectivity index (χ1v) is 0.636. The van der Waals surface area contributed by atoms with Crippen molar-refractivity contribution < 1.29 is 53.3 Å². The van der Waals surface area contributed by atoms with Crippen molar-refractivity contribution in [2.75, 3.05) is 0 Å². The molecule has 33 valence electrons. The molecule has 0 fully saturated rings. The Bertz CT molecular complexity index is 11.6. The molecular weight excluding hydrogens is 208 g/mol. The van der Waals surface area contributed by atoms with Crippen LogP contribution in [0.1, 0.15) is 0 Å². The summed E-state index contributed by atoms with van der Waals surface area (Å²) >= 11 is 1.69. The van der Waals surface area contributed by atoms with Gasteiger partial charge in [-0.05, 0) is 0 Å². The van der Waals surface area contributed by atoms with Gasteiger partial charge < -0.3 is 0 Å². The molecule has 0 aliphatic heterocycles. The van der Waals surface area contributed by atoms with Gasteiger partial charge in [0.1, 0.15) is 0 Å². The molecule has 5 heteroatoms. The van der Waals surface area contributed by atoms with E-state index in [-0.39, 0.29) is 63.1 Å². The molecule has 0 saturated heterocycles. The Kier molecular flexibility index (Phi) is 175. The van der Waals surface area contributed by atoms with E-state index >= 15 is 0 Å². The van der Waals surface area contributed by atoms with Gasteiger partial charge in [0.25, 0.3) is 0 Å². The van der Waals surface area contributed by atoms with Gasteiger partial charge in [-0.2, -0.15) is 0 Å². The van der Waals surface area contributed by atoms with Crippen LogP contribution in [0.25, 0.3) is 0 Å². The summed E-state index contributed by atoms with van der Waals surface area (Å²) in [6, 6.07) is 0. The van der Waals surface area contributed by atoms with Gasteiger partial charge in [0.05, 0.1) is 0 Å². The molecule has 0 rings (SSSR count). The molecule has 5 heavy (non-hydrogen) atoms. The summed E-state index contributed by atoms with van der Waals surface area (Å²) in [6.45, 7) is 0. The molecule has 0 unspecified atom stereocenters. The van der Waals surface area contributed by atoms with Crippen molar-refractivity contribution in [2.24, 2.45) is 0 Å². The van der Waals surface area contributed by atoms with Gasteiger partial charge in [0, 0.05) is 33.6 Å². The zero-order valence-electron chi connectivity index (χ0n) is 1.46. The van der Waals surface area contributed by atoms with Gasteiger partial charge in [-0.15, -0.1) is 0 Å². The topological polar surface area (TPSA) is 17.1 Å². The van der Waals surface area contributed by atoms with Crippen molar-refractivity contribution in [3.8, 4) is 0 Å². The predicted octanol–water partition coefficient (Wildman–Crippen LogP) is -0.775. The molecule has 0 aromatic rings. The Morgan fingerprint density at radius 1 is 1.20 bits per heavy atom. The van der Waals surface area contributed by atoms with Crippen molar-refractivity contribution in [1.82, 2.24) is 0 Å². The van der Waals surface area contributed by atoms with Gasteiger partial charge in [0.2, 0.25) is 0 Å². The van der Waals surface area contributed by atoms with E-state index in [1.54, 1.807) is 15.9 Å². The average Bonchev–Trinajstić information content (AvgIpc) is 1.00. The van der Waals surface area contributed by atoms with Crippen LogP contribution in [0, 0.1) is 0 Å². The van der Waals surface area contributed by atoms with Crippen LogP contribution in [0.4, 0.5) is 0 Å². The molecule has 0 N–H and O–H groups in total. The van der Waals surface area contributed by atoms with Crippen molar-refractivity contribution in [3.05, 3.63) is 0 Å². The van der Waals surface area contributed by atoms with Crippen LogP contribution in [0.5, 0.6) is 0 Å². The Labute approximate surface area is 81.7 Å². The predicted molar refractivity (Wildman–Crippen MR) is 7.84 cm³/mol. The SMILES string of the molecule is [Fe].[NaH].[Ni].[O]=[Mn]. The van der Waals surface area contributed by atoms with Crippen molar-refractivity contribution in [2.45, 2.75) is 0 Å². The van der Waals surface area contributed by atoms with E-state index in [1.165, 1.54) is 0 Å². The summed E-state index contributed by atoms with van der Waals surface area (Å²) in [5, 5.41) is 0. The van der Waals surface area contributed by atoms with E-state index in [0.29, 0.717) is 0 Å². The summed E-state index contributed by atoms with van der Waals surface area (Å²) in [5.41, 5.74) is 0. The monoisotopic (exact) mass is 209 g/mol. The maximum atomic E-state index is 8.06. The minimum atomic E-state index is 0. The third-order valence-corrected chi connectivity index (χ3v) is 0. The van der Waals surface area contributed by atoms with Crippen LogP contribution >= 0.6 is 0 Å². The van der Waals surface area contributed by atoms with Gasteiger partial charge in [-0.3, -0.25) is 0 Å². The molecule has 0 atom stereocenters. The third kappa shape index (κ3) is 21.8. The molecule has 0 spiro atoms. The zero-order chi connectivity index (χ0) is 2.00. The van der Waals surface area contributed by atoms with E-state index in [0.717, 1.165) is 0 Å². The van der Waals surface area contributed by atoms with Crippen LogP contribution in [-0.4, -0.2) is 29.6 Å². The molecule has 0 aromatic carbocycles. The molecule has 0 saturated carbocycles. The summed E-state index contributed by atoms with van der Waals surface area (Å²) in [6.07, 6.45) is 0. The summed E-state index contributed by atoms with van der Waals surface area (Å²) in [4.78, 5) is 0. The van der Waals surface area contributed by atoms with Gasteiger partial charge in [-0.1, -0.05) is 0 Å². The summed E-state index contributed by atoms with van der Waals surface area (Å²) in [5.74, 6) is 0. The van der Waals surface area contributed by atoms with Gasteiger partial charge >= 0.3 is 49.3 Å². The van der Waals surface area contributed by atoms with E-state index in [1.807, 2.05) is 0 Å².